The van der Waals surface area contributed by atoms with E-state index in [4.69, 9.17) is 4.74 Å². The van der Waals surface area contributed by atoms with Gasteiger partial charge in [0, 0.05) is 23.5 Å². The standard InChI is InChI=1S/C24H28N2O3/c1-7-10-26-17(4)12-21(18(26)5)13-22(14-25)24(28)29-19(6)23(27)20-9-8-15(2)16(3)11-20/h8-9,11-13,19H,7,10H2,1-6H3/b22-13+/t19-/m0/s1. The van der Waals surface area contributed by atoms with Crippen molar-refractivity contribution >= 4 is 17.8 Å². The van der Waals surface area contributed by atoms with Crippen LogP contribution in [0.1, 0.15) is 58.7 Å². The molecule has 0 aliphatic rings. The molecule has 0 spiro atoms. The monoisotopic (exact) mass is 392 g/mol. The van der Waals surface area contributed by atoms with Gasteiger partial charge in [0.2, 0.25) is 5.78 Å². The number of carbonyl (C=O) groups excluding carboxylic acids is 2. The quantitative estimate of drug-likeness (QED) is 0.292. The number of aryl methyl sites for hydroxylation is 3. The van der Waals surface area contributed by atoms with E-state index in [0.717, 1.165) is 41.0 Å². The maximum absolute atomic E-state index is 12.6. The molecule has 2 aromatic rings. The first-order valence-corrected chi connectivity index (χ1v) is 9.80. The molecule has 152 valence electrons. The highest BCUT2D eigenvalue weighted by Gasteiger charge is 2.22. The van der Waals surface area contributed by atoms with E-state index in [1.54, 1.807) is 12.1 Å². The zero-order valence-corrected chi connectivity index (χ0v) is 18.0. The Kier molecular flexibility index (Phi) is 7.17. The number of aromatic nitrogens is 1. The summed E-state index contributed by atoms with van der Waals surface area (Å²) < 4.78 is 7.45. The minimum atomic E-state index is -0.978. The Morgan fingerprint density at radius 1 is 1.17 bits per heavy atom. The molecule has 0 saturated heterocycles. The van der Waals surface area contributed by atoms with Crippen molar-refractivity contribution in [1.82, 2.24) is 4.57 Å². The van der Waals surface area contributed by atoms with Crippen molar-refractivity contribution in [3.05, 3.63) is 63.5 Å². The Morgan fingerprint density at radius 2 is 1.86 bits per heavy atom. The molecular weight excluding hydrogens is 364 g/mol. The lowest BCUT2D eigenvalue weighted by molar-refractivity contribution is -0.141. The third-order valence-electron chi connectivity index (χ3n) is 5.14. The van der Waals surface area contributed by atoms with Gasteiger partial charge in [-0.05, 0) is 75.9 Å². The van der Waals surface area contributed by atoms with E-state index in [9.17, 15) is 14.9 Å². The molecule has 0 N–H and O–H groups in total. The smallest absolute Gasteiger partial charge is 0.349 e. The average molecular weight is 392 g/mol. The van der Waals surface area contributed by atoms with Gasteiger partial charge in [-0.1, -0.05) is 19.1 Å². The maximum atomic E-state index is 12.6. The van der Waals surface area contributed by atoms with Crippen molar-refractivity contribution in [3.63, 3.8) is 0 Å². The molecule has 0 aliphatic carbocycles. The van der Waals surface area contributed by atoms with Crippen LogP contribution in [0.15, 0.2) is 29.8 Å². The number of nitriles is 1. The lowest BCUT2D eigenvalue weighted by atomic mass is 10.0. The number of rotatable bonds is 7. The molecule has 0 fully saturated rings. The van der Waals surface area contributed by atoms with Crippen LogP contribution in [-0.4, -0.2) is 22.4 Å². The molecular formula is C24H28N2O3. The Hall–Kier alpha value is -3.13. The Labute approximate surface area is 172 Å². The first kappa shape index (κ1) is 22.2. The van der Waals surface area contributed by atoms with Crippen molar-refractivity contribution in [3.8, 4) is 6.07 Å². The molecule has 0 unspecified atom stereocenters. The first-order valence-electron chi connectivity index (χ1n) is 9.80. The van der Waals surface area contributed by atoms with Crippen molar-refractivity contribution < 1.29 is 14.3 Å². The van der Waals surface area contributed by atoms with Gasteiger partial charge in [0.1, 0.15) is 11.6 Å². The summed E-state index contributed by atoms with van der Waals surface area (Å²) >= 11 is 0. The van der Waals surface area contributed by atoms with Crippen molar-refractivity contribution in [2.45, 2.75) is 60.6 Å². The Balaban J connectivity index is 2.20. The minimum Gasteiger partial charge on any atom is -0.450 e. The van der Waals surface area contributed by atoms with Crippen LogP contribution in [0.4, 0.5) is 0 Å². The number of ketones is 1. The van der Waals surface area contributed by atoms with Crippen molar-refractivity contribution in [1.29, 1.82) is 5.26 Å². The SMILES string of the molecule is CCCn1c(C)cc(/C=C(\C#N)C(=O)O[C@@H](C)C(=O)c2ccc(C)c(C)c2)c1C. The van der Waals surface area contributed by atoms with E-state index in [1.807, 2.05) is 45.9 Å². The molecule has 0 radical (unpaired) electrons. The second-order valence-corrected chi connectivity index (χ2v) is 7.36. The molecule has 0 bridgehead atoms. The number of hydrogen-bond donors (Lipinski definition) is 0. The third-order valence-corrected chi connectivity index (χ3v) is 5.14. The second-order valence-electron chi connectivity index (χ2n) is 7.36. The highest BCUT2D eigenvalue weighted by atomic mass is 16.5. The molecule has 2 rings (SSSR count). The fourth-order valence-corrected chi connectivity index (χ4v) is 3.24. The van der Waals surface area contributed by atoms with Crippen LogP contribution in [0.5, 0.6) is 0 Å². The highest BCUT2D eigenvalue weighted by Crippen LogP contribution is 2.20. The van der Waals surface area contributed by atoms with Crippen LogP contribution in [0.25, 0.3) is 6.08 Å². The van der Waals surface area contributed by atoms with Gasteiger partial charge in [0.15, 0.2) is 6.10 Å². The second kappa shape index (κ2) is 9.38. The maximum Gasteiger partial charge on any atom is 0.349 e. The summed E-state index contributed by atoms with van der Waals surface area (Å²) in [6.45, 7) is 12.3. The lowest BCUT2D eigenvalue weighted by Gasteiger charge is -2.13. The Morgan fingerprint density at radius 3 is 2.45 bits per heavy atom. The van der Waals surface area contributed by atoms with Gasteiger partial charge in [-0.15, -0.1) is 0 Å². The summed E-state index contributed by atoms with van der Waals surface area (Å²) in [5.74, 6) is -1.09. The van der Waals surface area contributed by atoms with Crippen LogP contribution < -0.4 is 0 Å². The number of nitrogens with zero attached hydrogens (tertiary/aromatic N) is 2. The van der Waals surface area contributed by atoms with Crippen LogP contribution >= 0.6 is 0 Å². The van der Waals surface area contributed by atoms with E-state index >= 15 is 0 Å². The molecule has 0 saturated carbocycles. The fourth-order valence-electron chi connectivity index (χ4n) is 3.24. The predicted octanol–water partition coefficient (Wildman–Crippen LogP) is 4.85. The Bertz CT molecular complexity index is 1010. The van der Waals surface area contributed by atoms with Crippen LogP contribution in [0, 0.1) is 39.0 Å². The van der Waals surface area contributed by atoms with Crippen LogP contribution in [-0.2, 0) is 16.1 Å². The molecule has 5 nitrogen and oxygen atoms in total. The largest absolute Gasteiger partial charge is 0.450 e. The lowest BCUT2D eigenvalue weighted by Crippen LogP contribution is -2.25. The van der Waals surface area contributed by atoms with Crippen molar-refractivity contribution in [2.75, 3.05) is 0 Å². The van der Waals surface area contributed by atoms with Gasteiger partial charge in [0.25, 0.3) is 0 Å². The number of esters is 1. The number of benzene rings is 1. The molecule has 0 amide bonds. The number of hydrogen-bond acceptors (Lipinski definition) is 4. The summed E-state index contributed by atoms with van der Waals surface area (Å²) in [6.07, 6.45) is 1.54. The molecule has 29 heavy (non-hydrogen) atoms. The van der Waals surface area contributed by atoms with E-state index in [1.165, 1.54) is 13.0 Å². The first-order chi connectivity index (χ1) is 13.7. The summed E-state index contributed by atoms with van der Waals surface area (Å²) in [7, 11) is 0. The molecule has 5 heteroatoms. The minimum absolute atomic E-state index is 0.124. The fraction of sp³-hybridized carbons (Fsp3) is 0.375. The zero-order valence-electron chi connectivity index (χ0n) is 18.0. The van der Waals surface area contributed by atoms with E-state index in [0.29, 0.717) is 5.56 Å². The van der Waals surface area contributed by atoms with Gasteiger partial charge in [-0.3, -0.25) is 4.79 Å². The molecule has 1 heterocycles. The van der Waals surface area contributed by atoms with Gasteiger partial charge < -0.3 is 9.30 Å². The normalized spacial score (nSPS) is 12.4. The van der Waals surface area contributed by atoms with E-state index in [2.05, 4.69) is 11.5 Å². The van der Waals surface area contributed by atoms with Gasteiger partial charge >= 0.3 is 5.97 Å². The van der Waals surface area contributed by atoms with Crippen LogP contribution in [0.3, 0.4) is 0 Å². The molecule has 1 aromatic heterocycles. The summed E-state index contributed by atoms with van der Waals surface area (Å²) in [4.78, 5) is 25.1. The van der Waals surface area contributed by atoms with Crippen LogP contribution in [0.2, 0.25) is 0 Å². The van der Waals surface area contributed by atoms with Gasteiger partial charge in [-0.2, -0.15) is 5.26 Å². The summed E-state index contributed by atoms with van der Waals surface area (Å²) in [5, 5.41) is 9.45. The average Bonchev–Trinajstić information content (AvgIpc) is 2.95. The summed E-state index contributed by atoms with van der Waals surface area (Å²) in [6, 6.07) is 9.22. The highest BCUT2D eigenvalue weighted by molar-refractivity contribution is 6.03. The predicted molar refractivity (Wildman–Crippen MR) is 114 cm³/mol. The van der Waals surface area contributed by atoms with Crippen molar-refractivity contribution in [2.24, 2.45) is 0 Å². The number of carbonyl (C=O) groups is 2. The topological polar surface area (TPSA) is 72.1 Å². The van der Waals surface area contributed by atoms with E-state index in [-0.39, 0.29) is 11.4 Å². The zero-order chi connectivity index (χ0) is 21.7. The third kappa shape index (κ3) is 5.03. The van der Waals surface area contributed by atoms with E-state index < -0.39 is 12.1 Å². The molecule has 0 aliphatic heterocycles. The van der Waals surface area contributed by atoms with Gasteiger partial charge in [0.05, 0.1) is 0 Å². The number of Topliss-reactive ketones (excluding diaryl/α,β-unsaturated/α-hetero) is 1. The van der Waals surface area contributed by atoms with Gasteiger partial charge in [-0.25, -0.2) is 4.79 Å². The molecule has 1 atom stereocenters. The molecule has 1 aromatic carbocycles. The number of ether oxygens (including phenoxy) is 1. The summed E-state index contributed by atoms with van der Waals surface area (Å²) in [5.41, 5.74) is 5.30.